The smallest absolute Gasteiger partial charge is 0.322 e. The average molecular weight is 1540 g/mol. The Balaban J connectivity index is 1.38. The van der Waals surface area contributed by atoms with Gasteiger partial charge in [-0.15, -0.1) is 0 Å². The lowest BCUT2D eigenvalue weighted by molar-refractivity contribution is -0.352. The zero-order valence-corrected chi connectivity index (χ0v) is 60.6. The molecular weight excluding hydrogens is 1440 g/mol. The molecule has 0 aromatic rings. The van der Waals surface area contributed by atoms with Crippen molar-refractivity contribution in [3.05, 3.63) is 0 Å². The summed E-state index contributed by atoms with van der Waals surface area (Å²) in [5, 5.41) is 169. The van der Waals surface area contributed by atoms with E-state index in [4.69, 9.17) is 34.2 Å². The average Bonchev–Trinajstić information content (AvgIpc) is 0.829. The van der Waals surface area contributed by atoms with E-state index >= 15 is 0 Å². The Kier molecular flexibility index (Phi) is 34.2. The number of hydrogen-bond acceptors (Lipinski definition) is 32. The largest absolute Gasteiger partial charge is 0.480 e. The second-order valence-electron chi connectivity index (χ2n) is 27.5. The van der Waals surface area contributed by atoms with Crippen LogP contribution in [-0.4, -0.2) is 375 Å². The number of hydrogen-bond donors (Lipinski definition) is 24. The van der Waals surface area contributed by atoms with Crippen LogP contribution >= 0.6 is 0 Å². The molecule has 44 heteroatoms. The van der Waals surface area contributed by atoms with Gasteiger partial charge in [0, 0.05) is 26.9 Å². The lowest BCUT2D eigenvalue weighted by atomic mass is 9.94. The first kappa shape index (κ1) is 90.5. The summed E-state index contributed by atoms with van der Waals surface area (Å²) in [6, 6.07) is -18.9. The molecule has 0 aromatic carbocycles. The number of aliphatic hydroxyl groups excluding tert-OH is 13. The molecule has 25 N–H and O–H groups in total. The highest BCUT2D eigenvalue weighted by molar-refractivity contribution is 5.99. The predicted molar refractivity (Wildman–Crippen MR) is 356 cm³/mol. The van der Waals surface area contributed by atoms with Crippen LogP contribution in [0.4, 0.5) is 0 Å². The van der Waals surface area contributed by atoms with E-state index in [-0.39, 0.29) is 38.8 Å². The number of rotatable bonds is 35. The molecule has 610 valence electrons. The van der Waals surface area contributed by atoms with Crippen molar-refractivity contribution in [2.45, 2.75) is 278 Å². The second kappa shape index (κ2) is 40.5. The number of aliphatic carboxylic acids is 1. The molecule has 0 radical (unpaired) electrons. The van der Waals surface area contributed by atoms with Gasteiger partial charge in [0.15, 0.2) is 18.9 Å². The second-order valence-corrected chi connectivity index (χ2v) is 27.5. The Morgan fingerprint density at radius 3 is 1.36 bits per heavy atom. The third-order valence-corrected chi connectivity index (χ3v) is 18.6. The summed E-state index contributed by atoms with van der Waals surface area (Å²) in [5.41, 5.74) is 5.66. The molecule has 5 fully saturated rings. The maximum atomic E-state index is 14.7. The Hall–Kier alpha value is -7.16. The molecule has 30 atom stereocenters. The van der Waals surface area contributed by atoms with Crippen LogP contribution in [0.25, 0.3) is 0 Å². The molecule has 0 aromatic heterocycles. The number of likely N-dealkylation sites (tertiary alicyclic amines) is 2. The molecular formula is C63H106N12O32. The quantitative estimate of drug-likeness (QED) is 0.0280. The number of carbonyl (C=O) groups excluding carboxylic acids is 11. The highest BCUT2D eigenvalue weighted by Gasteiger charge is 2.55. The fourth-order valence-electron chi connectivity index (χ4n) is 12.6. The first-order chi connectivity index (χ1) is 50.0. The normalized spacial score (nSPS) is 31.1. The Bertz CT molecular complexity index is 3060. The van der Waals surface area contributed by atoms with Crippen molar-refractivity contribution in [3.8, 4) is 0 Å². The Morgan fingerprint density at radius 1 is 0.477 bits per heavy atom. The van der Waals surface area contributed by atoms with Gasteiger partial charge in [0.25, 0.3) is 0 Å². The van der Waals surface area contributed by atoms with Crippen LogP contribution < -0.4 is 53.6 Å². The summed E-state index contributed by atoms with van der Waals surface area (Å²) in [6.07, 6.45) is -34.6. The minimum absolute atomic E-state index is 0.0731. The summed E-state index contributed by atoms with van der Waals surface area (Å²) in [5.74, 6) is -14.1. The molecule has 0 bridgehead atoms. The van der Waals surface area contributed by atoms with Gasteiger partial charge in [0.2, 0.25) is 65.0 Å². The van der Waals surface area contributed by atoms with Crippen LogP contribution in [-0.2, 0) is 86.0 Å². The van der Waals surface area contributed by atoms with Gasteiger partial charge < -0.3 is 163 Å². The summed E-state index contributed by atoms with van der Waals surface area (Å²) < 4.78 is 35.6. The van der Waals surface area contributed by atoms with Gasteiger partial charge in [-0.3, -0.25) is 57.5 Å². The number of carboxylic acids is 1. The third-order valence-electron chi connectivity index (χ3n) is 18.6. The number of nitrogens with zero attached hydrogens (tertiary/aromatic N) is 2. The monoisotopic (exact) mass is 1540 g/mol. The molecule has 5 rings (SSSR count). The Labute approximate surface area is 613 Å². The van der Waals surface area contributed by atoms with Gasteiger partial charge >= 0.3 is 5.97 Å². The third kappa shape index (κ3) is 23.4. The van der Waals surface area contributed by atoms with E-state index in [2.05, 4.69) is 47.9 Å². The van der Waals surface area contributed by atoms with E-state index in [9.17, 15) is 129 Å². The SMILES string of the molecule is CC(=O)N[C@H]1[C@H](OC[C@H]2O[C@H](O[C@H](C)[C@H](NC(=O)[C@@H]3CCCN3C(=O)[C@@H](NC(=O)[C@@H]3CCCN3C(=O)[C@@H](NC(=O)[C@@H](NC(=O)[C@@H](NC(=O)[C@@H](NC(=O)[C@@H](N)[C@@H](C)O)[C@@H](C)O)[C@@H](C)O)C(C)C)[C@@H](C)O)[C@@H](C)O)C(=O)NCC(=O)O)[C@H](NC(C)=O)[C@@H](O[C@@H]3O[C@H](CO)[C@H](O)[C@H](O)[C@H]3O)[C@H]2O)O[C@H](CO)[C@@H](O)[C@@H]1O. The number of amides is 11. The topological polar surface area (TPSA) is 684 Å². The fraction of sp³-hybridized carbons (Fsp3) is 0.810. The highest BCUT2D eigenvalue weighted by Crippen LogP contribution is 2.33. The van der Waals surface area contributed by atoms with E-state index in [1.54, 1.807) is 0 Å². The van der Waals surface area contributed by atoms with Gasteiger partial charge in [-0.1, -0.05) is 13.8 Å². The van der Waals surface area contributed by atoms with Crippen LogP contribution in [0, 0.1) is 5.92 Å². The zero-order chi connectivity index (χ0) is 80.7. The number of carboxylic acid groups (broad SMARTS) is 1. The number of ether oxygens (including phenoxy) is 6. The number of nitrogens with two attached hydrogens (primary N) is 1. The molecule has 5 saturated heterocycles. The highest BCUT2D eigenvalue weighted by atomic mass is 16.7. The van der Waals surface area contributed by atoms with Crippen LogP contribution in [0.1, 0.15) is 94.9 Å². The number of nitrogens with one attached hydrogen (secondary N) is 9. The van der Waals surface area contributed by atoms with Gasteiger partial charge in [-0.2, -0.15) is 0 Å². The van der Waals surface area contributed by atoms with Crippen molar-refractivity contribution in [3.63, 3.8) is 0 Å². The zero-order valence-electron chi connectivity index (χ0n) is 60.6. The van der Waals surface area contributed by atoms with Crippen molar-refractivity contribution in [2.75, 3.05) is 39.5 Å². The van der Waals surface area contributed by atoms with E-state index in [0.29, 0.717) is 0 Å². The summed E-state index contributed by atoms with van der Waals surface area (Å²) >= 11 is 0. The Morgan fingerprint density at radius 2 is 0.897 bits per heavy atom. The first-order valence-corrected chi connectivity index (χ1v) is 34.8. The maximum absolute atomic E-state index is 14.7. The van der Waals surface area contributed by atoms with E-state index < -0.39 is 286 Å². The molecule has 107 heavy (non-hydrogen) atoms. The molecule has 11 amide bonds. The molecule has 0 aliphatic carbocycles. The summed E-state index contributed by atoms with van der Waals surface area (Å²) in [4.78, 5) is 165. The van der Waals surface area contributed by atoms with Crippen LogP contribution in [0.3, 0.4) is 0 Å². The fourth-order valence-corrected chi connectivity index (χ4v) is 12.6. The predicted octanol–water partition coefficient (Wildman–Crippen LogP) is -13.9. The standard InChI is InChI=1S/C63H106N12O32/c1-21(2)37(68-57(98)39(24(5)80)70-58(99)38(23(4)79)69-54(95)36(64)22(3)78)56(97)72-41(26(7)82)60(101)74-15-11-13-30(74)52(93)71-40(25(6)81)59(100)75-16-12-14-31(75)53(94)73-42(55(96)65-17-35(85)86)27(8)103-62-44(67-29(10)84)51(107-63-50(92)49(91)46(88)33(19-77)105-63)47(89)34(106-62)20-102-61-43(66-28(9)83)48(90)45(87)32(18-76)104-61/h21-27,30-34,36-51,61-63,76-82,87-92H,11-20,64H2,1-10H3,(H,65,96)(H,66,83)(H,67,84)(H,68,98)(H,69,95)(H,70,99)(H,71,93)(H,72,97)(H,73,94)(H,85,86)/t22-,23-,24-,25-,26-,27-,30+,31+,32-,33-,34-,36+,37+,38+,39+,40+,41+,42+,43-,44-,45-,46+,47+,48-,49+,50-,51-,61-,62+,63+/m1/s1. The minimum Gasteiger partial charge on any atom is -0.480 e. The number of carbonyl (C=O) groups is 12. The van der Waals surface area contributed by atoms with Gasteiger partial charge in [-0.25, -0.2) is 0 Å². The van der Waals surface area contributed by atoms with Crippen molar-refractivity contribution in [1.82, 2.24) is 57.7 Å². The van der Waals surface area contributed by atoms with Gasteiger partial charge in [0.05, 0.1) is 56.4 Å². The van der Waals surface area contributed by atoms with E-state index in [1.807, 2.05) is 0 Å². The van der Waals surface area contributed by atoms with Gasteiger partial charge in [0.1, 0.15) is 134 Å². The molecule has 0 saturated carbocycles. The lowest BCUT2D eigenvalue weighted by Gasteiger charge is -2.48. The number of aliphatic hydroxyl groups is 13. The van der Waals surface area contributed by atoms with Gasteiger partial charge in [-0.05, 0) is 73.1 Å². The van der Waals surface area contributed by atoms with Crippen LogP contribution in [0.2, 0.25) is 0 Å². The molecule has 0 unspecified atom stereocenters. The van der Waals surface area contributed by atoms with Crippen molar-refractivity contribution in [2.24, 2.45) is 11.7 Å². The molecule has 5 aliphatic rings. The van der Waals surface area contributed by atoms with Crippen LogP contribution in [0.15, 0.2) is 0 Å². The van der Waals surface area contributed by atoms with E-state index in [1.165, 1.54) is 20.8 Å². The molecule has 5 heterocycles. The molecule has 44 nitrogen and oxygen atoms in total. The minimum atomic E-state index is -2.15. The van der Waals surface area contributed by atoms with Crippen molar-refractivity contribution in [1.29, 1.82) is 0 Å². The lowest BCUT2D eigenvalue weighted by Crippen LogP contribution is -2.69. The molecule has 5 aliphatic heterocycles. The maximum Gasteiger partial charge on any atom is 0.322 e. The molecule has 0 spiro atoms. The first-order valence-electron chi connectivity index (χ1n) is 34.8. The van der Waals surface area contributed by atoms with E-state index in [0.717, 1.165) is 58.3 Å². The van der Waals surface area contributed by atoms with Crippen molar-refractivity contribution >= 4 is 70.9 Å². The van der Waals surface area contributed by atoms with Crippen LogP contribution in [0.5, 0.6) is 0 Å². The summed E-state index contributed by atoms with van der Waals surface area (Å²) in [7, 11) is 0. The summed E-state index contributed by atoms with van der Waals surface area (Å²) in [6.45, 7) is 7.52. The van der Waals surface area contributed by atoms with Crippen molar-refractivity contribution < 1.29 is 157 Å².